The second-order valence-corrected chi connectivity index (χ2v) is 7.41. The summed E-state index contributed by atoms with van der Waals surface area (Å²) in [6.45, 7) is 6.42. The SMILES string of the molecule is O=C(c1cc(Br)cnc1Cl)N1CCC(CN2CCOCC2)CC1. The summed E-state index contributed by atoms with van der Waals surface area (Å²) >= 11 is 9.42. The molecule has 0 radical (unpaired) electrons. The molecule has 0 saturated carbocycles. The molecule has 2 fully saturated rings. The van der Waals surface area contributed by atoms with Gasteiger partial charge in [0.05, 0.1) is 18.8 Å². The van der Waals surface area contributed by atoms with Crippen LogP contribution in [-0.4, -0.2) is 66.6 Å². The number of halogens is 2. The van der Waals surface area contributed by atoms with Crippen LogP contribution in [0.4, 0.5) is 0 Å². The number of ether oxygens (including phenoxy) is 1. The van der Waals surface area contributed by atoms with Crippen LogP contribution in [0.5, 0.6) is 0 Å². The minimum Gasteiger partial charge on any atom is -0.379 e. The molecule has 0 bridgehead atoms. The van der Waals surface area contributed by atoms with Gasteiger partial charge in [-0.15, -0.1) is 0 Å². The minimum absolute atomic E-state index is 0.0198. The average Bonchev–Trinajstić information content (AvgIpc) is 2.58. The van der Waals surface area contributed by atoms with Gasteiger partial charge in [0.15, 0.2) is 0 Å². The minimum atomic E-state index is -0.0198. The highest BCUT2D eigenvalue weighted by Gasteiger charge is 2.26. The topological polar surface area (TPSA) is 45.7 Å². The summed E-state index contributed by atoms with van der Waals surface area (Å²) in [7, 11) is 0. The molecule has 2 aliphatic rings. The van der Waals surface area contributed by atoms with Crippen molar-refractivity contribution in [2.24, 2.45) is 5.92 Å². The van der Waals surface area contributed by atoms with E-state index in [1.807, 2.05) is 4.90 Å². The van der Waals surface area contributed by atoms with Gasteiger partial charge in [0.1, 0.15) is 5.15 Å². The van der Waals surface area contributed by atoms with Crippen LogP contribution in [0.25, 0.3) is 0 Å². The summed E-state index contributed by atoms with van der Waals surface area (Å²) in [4.78, 5) is 21.0. The van der Waals surface area contributed by atoms with Crippen molar-refractivity contribution in [3.63, 3.8) is 0 Å². The lowest BCUT2D eigenvalue weighted by Crippen LogP contribution is -2.44. The molecule has 3 rings (SSSR count). The number of piperidine rings is 1. The number of hydrogen-bond acceptors (Lipinski definition) is 4. The number of likely N-dealkylation sites (tertiary alicyclic amines) is 1. The molecule has 23 heavy (non-hydrogen) atoms. The molecule has 2 aliphatic heterocycles. The van der Waals surface area contributed by atoms with Crippen LogP contribution in [0.1, 0.15) is 23.2 Å². The third-order valence-corrected chi connectivity index (χ3v) is 5.29. The van der Waals surface area contributed by atoms with Crippen molar-refractivity contribution in [3.8, 4) is 0 Å². The van der Waals surface area contributed by atoms with Crippen molar-refractivity contribution in [1.82, 2.24) is 14.8 Å². The van der Waals surface area contributed by atoms with Crippen LogP contribution in [0.2, 0.25) is 5.15 Å². The van der Waals surface area contributed by atoms with Crippen molar-refractivity contribution >= 4 is 33.4 Å². The van der Waals surface area contributed by atoms with E-state index in [9.17, 15) is 4.79 Å². The maximum atomic E-state index is 12.6. The highest BCUT2D eigenvalue weighted by Crippen LogP contribution is 2.24. The Labute approximate surface area is 150 Å². The predicted octanol–water partition coefficient (Wildman–Crippen LogP) is 2.68. The molecule has 0 unspecified atom stereocenters. The summed E-state index contributed by atoms with van der Waals surface area (Å²) in [5.74, 6) is 0.641. The number of pyridine rings is 1. The van der Waals surface area contributed by atoms with Crippen LogP contribution in [-0.2, 0) is 4.74 Å². The molecule has 1 amide bonds. The molecule has 2 saturated heterocycles. The Kier molecular flexibility index (Phi) is 5.91. The van der Waals surface area contributed by atoms with E-state index < -0.39 is 0 Å². The summed E-state index contributed by atoms with van der Waals surface area (Å²) < 4.78 is 6.16. The Bertz CT molecular complexity index is 558. The third-order valence-electron chi connectivity index (χ3n) is 4.56. The van der Waals surface area contributed by atoms with Crippen LogP contribution >= 0.6 is 27.5 Å². The molecule has 0 spiro atoms. The fourth-order valence-electron chi connectivity index (χ4n) is 3.21. The van der Waals surface area contributed by atoms with E-state index in [-0.39, 0.29) is 11.1 Å². The second kappa shape index (κ2) is 7.92. The largest absolute Gasteiger partial charge is 0.379 e. The van der Waals surface area contributed by atoms with Gasteiger partial charge in [-0.25, -0.2) is 4.98 Å². The van der Waals surface area contributed by atoms with Crippen molar-refractivity contribution < 1.29 is 9.53 Å². The predicted molar refractivity (Wildman–Crippen MR) is 92.8 cm³/mol. The van der Waals surface area contributed by atoms with Gasteiger partial charge < -0.3 is 9.64 Å². The summed E-state index contributed by atoms with van der Waals surface area (Å²) in [6.07, 6.45) is 3.69. The molecule has 0 aromatic carbocycles. The summed E-state index contributed by atoms with van der Waals surface area (Å²) in [6, 6.07) is 1.75. The number of hydrogen-bond donors (Lipinski definition) is 0. The van der Waals surface area contributed by atoms with E-state index in [1.165, 1.54) is 0 Å². The van der Waals surface area contributed by atoms with Crippen LogP contribution in [0.3, 0.4) is 0 Å². The Morgan fingerprint density at radius 2 is 2.00 bits per heavy atom. The number of aromatic nitrogens is 1. The van der Waals surface area contributed by atoms with Gasteiger partial charge in [0.25, 0.3) is 5.91 Å². The number of carbonyl (C=O) groups excluding carboxylic acids is 1. The van der Waals surface area contributed by atoms with Gasteiger partial charge in [-0.2, -0.15) is 0 Å². The van der Waals surface area contributed by atoms with E-state index >= 15 is 0 Å². The van der Waals surface area contributed by atoms with Gasteiger partial charge in [-0.1, -0.05) is 11.6 Å². The van der Waals surface area contributed by atoms with Gasteiger partial charge >= 0.3 is 0 Å². The normalized spacial score (nSPS) is 20.7. The smallest absolute Gasteiger partial charge is 0.257 e. The molecule has 1 aromatic heterocycles. The zero-order valence-electron chi connectivity index (χ0n) is 13.0. The standard InChI is InChI=1S/C16H21BrClN3O2/c17-13-9-14(15(18)19-10-13)16(22)21-3-1-12(2-4-21)11-20-5-7-23-8-6-20/h9-10,12H,1-8,11H2. The van der Waals surface area contributed by atoms with Gasteiger partial charge in [0.2, 0.25) is 0 Å². The lowest BCUT2D eigenvalue weighted by molar-refractivity contribution is 0.0243. The van der Waals surface area contributed by atoms with E-state index in [1.54, 1.807) is 12.3 Å². The highest BCUT2D eigenvalue weighted by molar-refractivity contribution is 9.10. The molecule has 1 aromatic rings. The summed E-state index contributed by atoms with van der Waals surface area (Å²) in [5.41, 5.74) is 0.479. The van der Waals surface area contributed by atoms with Crippen LogP contribution in [0, 0.1) is 5.92 Å². The molecule has 5 nitrogen and oxygen atoms in total. The zero-order chi connectivity index (χ0) is 16.2. The monoisotopic (exact) mass is 401 g/mol. The van der Waals surface area contributed by atoms with Gasteiger partial charge in [-0.3, -0.25) is 9.69 Å². The maximum absolute atomic E-state index is 12.6. The molecular formula is C16H21BrClN3O2. The number of amides is 1. The molecule has 126 valence electrons. The Balaban J connectivity index is 1.53. The maximum Gasteiger partial charge on any atom is 0.257 e. The van der Waals surface area contributed by atoms with Crippen molar-refractivity contribution in [2.75, 3.05) is 45.9 Å². The van der Waals surface area contributed by atoms with Gasteiger partial charge in [-0.05, 0) is 40.8 Å². The average molecular weight is 403 g/mol. The molecular weight excluding hydrogens is 382 g/mol. The lowest BCUT2D eigenvalue weighted by atomic mass is 9.95. The van der Waals surface area contributed by atoms with E-state index in [2.05, 4.69) is 25.8 Å². The first-order valence-electron chi connectivity index (χ1n) is 8.04. The van der Waals surface area contributed by atoms with Crippen molar-refractivity contribution in [2.45, 2.75) is 12.8 Å². The molecule has 0 aliphatic carbocycles. The molecule has 3 heterocycles. The van der Waals surface area contributed by atoms with E-state index in [4.69, 9.17) is 16.3 Å². The second-order valence-electron chi connectivity index (χ2n) is 6.14. The number of carbonyl (C=O) groups is 1. The lowest BCUT2D eigenvalue weighted by Gasteiger charge is -2.36. The Morgan fingerprint density at radius 1 is 1.30 bits per heavy atom. The molecule has 0 atom stereocenters. The quantitative estimate of drug-likeness (QED) is 0.729. The molecule has 7 heteroatoms. The fraction of sp³-hybridized carbons (Fsp3) is 0.625. The highest BCUT2D eigenvalue weighted by atomic mass is 79.9. The Morgan fingerprint density at radius 3 is 2.70 bits per heavy atom. The van der Waals surface area contributed by atoms with Crippen molar-refractivity contribution in [1.29, 1.82) is 0 Å². The fourth-order valence-corrected chi connectivity index (χ4v) is 3.73. The first kappa shape index (κ1) is 17.1. The number of rotatable bonds is 3. The van der Waals surface area contributed by atoms with E-state index in [0.29, 0.717) is 11.5 Å². The van der Waals surface area contributed by atoms with Crippen LogP contribution < -0.4 is 0 Å². The number of morpholine rings is 1. The third kappa shape index (κ3) is 4.44. The van der Waals surface area contributed by atoms with Crippen molar-refractivity contribution in [3.05, 3.63) is 27.5 Å². The van der Waals surface area contributed by atoms with Gasteiger partial charge in [0, 0.05) is 43.4 Å². The van der Waals surface area contributed by atoms with E-state index in [0.717, 1.165) is 63.3 Å². The zero-order valence-corrected chi connectivity index (χ0v) is 15.4. The Hall–Kier alpha value is -0.690. The van der Waals surface area contributed by atoms with Crippen LogP contribution in [0.15, 0.2) is 16.7 Å². The first-order chi connectivity index (χ1) is 11.1. The number of nitrogens with zero attached hydrogens (tertiary/aromatic N) is 3. The molecule has 0 N–H and O–H groups in total. The first-order valence-corrected chi connectivity index (χ1v) is 9.21. The summed E-state index contributed by atoms with van der Waals surface area (Å²) in [5, 5.41) is 0.272.